The van der Waals surface area contributed by atoms with Crippen molar-refractivity contribution in [3.05, 3.63) is 35.4 Å². The highest BCUT2D eigenvalue weighted by molar-refractivity contribution is 7.89. The topological polar surface area (TPSA) is 66.6 Å². The van der Waals surface area contributed by atoms with Gasteiger partial charge in [-0.05, 0) is 30.4 Å². The van der Waals surface area contributed by atoms with Gasteiger partial charge in [0.15, 0.2) is 0 Å². The maximum absolute atomic E-state index is 12.3. The van der Waals surface area contributed by atoms with Crippen LogP contribution in [0.25, 0.3) is 0 Å². The van der Waals surface area contributed by atoms with E-state index in [1.165, 1.54) is 11.1 Å². The number of piperidine rings is 1. The van der Waals surface area contributed by atoms with Crippen molar-refractivity contribution in [1.29, 1.82) is 0 Å². The molecule has 2 aliphatic heterocycles. The van der Waals surface area contributed by atoms with E-state index in [9.17, 15) is 8.42 Å². The van der Waals surface area contributed by atoms with Crippen LogP contribution >= 0.6 is 0 Å². The van der Waals surface area contributed by atoms with E-state index in [1.54, 1.807) is 11.4 Å². The number of benzene rings is 1. The van der Waals surface area contributed by atoms with Gasteiger partial charge in [0.25, 0.3) is 0 Å². The highest BCUT2D eigenvalue weighted by atomic mass is 32.2. The molecule has 0 radical (unpaired) electrons. The predicted molar refractivity (Wildman–Crippen MR) is 88.1 cm³/mol. The maximum Gasteiger partial charge on any atom is 0.215 e. The van der Waals surface area contributed by atoms with Crippen LogP contribution in [0.2, 0.25) is 0 Å². The lowest BCUT2D eigenvalue weighted by Crippen LogP contribution is -2.49. The molecule has 0 saturated carbocycles. The van der Waals surface area contributed by atoms with E-state index < -0.39 is 10.0 Å². The molecule has 2 unspecified atom stereocenters. The Morgan fingerprint density at radius 2 is 2.09 bits per heavy atom. The summed E-state index contributed by atoms with van der Waals surface area (Å²) in [6.45, 7) is 2.22. The van der Waals surface area contributed by atoms with Gasteiger partial charge in [0.1, 0.15) is 0 Å². The summed E-state index contributed by atoms with van der Waals surface area (Å²) in [5, 5.41) is 0. The summed E-state index contributed by atoms with van der Waals surface area (Å²) in [5.41, 5.74) is 8.23. The molecule has 2 aliphatic rings. The Morgan fingerprint density at radius 3 is 2.86 bits per heavy atom. The van der Waals surface area contributed by atoms with Gasteiger partial charge in [-0.25, -0.2) is 12.7 Å². The molecule has 5 nitrogen and oxygen atoms in total. The first-order chi connectivity index (χ1) is 10.5. The van der Waals surface area contributed by atoms with Crippen LogP contribution in [0.3, 0.4) is 0 Å². The van der Waals surface area contributed by atoms with Crippen molar-refractivity contribution in [2.24, 2.45) is 5.73 Å². The molecule has 2 atom stereocenters. The molecule has 2 heterocycles. The lowest BCUT2D eigenvalue weighted by atomic mass is 9.85. The Kier molecular flexibility index (Phi) is 4.54. The average Bonchev–Trinajstić information content (AvgIpc) is 2.53. The molecule has 0 aliphatic carbocycles. The smallest absolute Gasteiger partial charge is 0.215 e. The second-order valence-electron chi connectivity index (χ2n) is 6.30. The molecule has 3 rings (SSSR count). The number of fused-ring (bicyclic) bond motifs is 3. The molecule has 22 heavy (non-hydrogen) atoms. The van der Waals surface area contributed by atoms with Crippen molar-refractivity contribution < 1.29 is 8.42 Å². The van der Waals surface area contributed by atoms with Crippen molar-refractivity contribution in [1.82, 2.24) is 9.21 Å². The van der Waals surface area contributed by atoms with Crippen molar-refractivity contribution in [2.75, 3.05) is 32.4 Å². The second kappa shape index (κ2) is 6.28. The zero-order valence-corrected chi connectivity index (χ0v) is 13.9. The van der Waals surface area contributed by atoms with Crippen molar-refractivity contribution >= 4 is 10.0 Å². The van der Waals surface area contributed by atoms with Crippen molar-refractivity contribution in [3.8, 4) is 0 Å². The number of sulfonamides is 1. The molecule has 1 aromatic rings. The van der Waals surface area contributed by atoms with Gasteiger partial charge in [-0.1, -0.05) is 24.3 Å². The van der Waals surface area contributed by atoms with Gasteiger partial charge in [-0.2, -0.15) is 0 Å². The largest absolute Gasteiger partial charge is 0.329 e. The third-order valence-corrected chi connectivity index (χ3v) is 7.02. The van der Waals surface area contributed by atoms with Crippen LogP contribution in [0.1, 0.15) is 30.0 Å². The minimum absolute atomic E-state index is 0.0327. The van der Waals surface area contributed by atoms with E-state index >= 15 is 0 Å². The van der Waals surface area contributed by atoms with Crippen LogP contribution in [0.15, 0.2) is 24.3 Å². The SMILES string of the molecule is CN(C1CCN2CCc3ccccc3C2C1)S(=O)(=O)CCN. The van der Waals surface area contributed by atoms with Crippen LogP contribution in [0.4, 0.5) is 0 Å². The quantitative estimate of drug-likeness (QED) is 0.896. The summed E-state index contributed by atoms with van der Waals surface area (Å²) in [7, 11) is -1.53. The fourth-order valence-electron chi connectivity index (χ4n) is 3.79. The molecule has 6 heteroatoms. The first-order valence-corrected chi connectivity index (χ1v) is 9.61. The van der Waals surface area contributed by atoms with Gasteiger partial charge in [0, 0.05) is 38.8 Å². The summed E-state index contributed by atoms with van der Waals surface area (Å²) in [4.78, 5) is 2.50. The standard InChI is InChI=1S/C16H25N3O2S/c1-18(22(20,21)11-8-17)14-7-10-19-9-6-13-4-2-3-5-15(13)16(19)12-14/h2-5,14,16H,6-12,17H2,1H3. The van der Waals surface area contributed by atoms with Gasteiger partial charge in [0.05, 0.1) is 5.75 Å². The van der Waals surface area contributed by atoms with Gasteiger partial charge < -0.3 is 5.73 Å². The zero-order valence-electron chi connectivity index (χ0n) is 13.1. The molecule has 122 valence electrons. The first kappa shape index (κ1) is 15.9. The van der Waals surface area contributed by atoms with Crippen LogP contribution in [0, 0.1) is 0 Å². The van der Waals surface area contributed by atoms with Crippen LogP contribution in [-0.2, 0) is 16.4 Å². The van der Waals surface area contributed by atoms with Gasteiger partial charge in [0.2, 0.25) is 10.0 Å². The van der Waals surface area contributed by atoms with Gasteiger partial charge in [-0.15, -0.1) is 0 Å². The highest BCUT2D eigenvalue weighted by Gasteiger charge is 2.37. The van der Waals surface area contributed by atoms with E-state index in [1.807, 2.05) is 0 Å². The number of hydrogen-bond acceptors (Lipinski definition) is 4. The van der Waals surface area contributed by atoms with Crippen molar-refractivity contribution in [2.45, 2.75) is 31.3 Å². The maximum atomic E-state index is 12.3. The van der Waals surface area contributed by atoms with E-state index in [0.29, 0.717) is 6.04 Å². The minimum Gasteiger partial charge on any atom is -0.329 e. The third-order valence-electron chi connectivity index (χ3n) is 5.10. The molecule has 0 aromatic heterocycles. The number of rotatable bonds is 4. The molecule has 0 spiro atoms. The number of nitrogens with two attached hydrogens (primary N) is 1. The summed E-state index contributed by atoms with van der Waals surface area (Å²) in [6, 6.07) is 8.99. The second-order valence-corrected chi connectivity index (χ2v) is 8.45. The molecule has 0 bridgehead atoms. The molecule has 0 amide bonds. The fourth-order valence-corrected chi connectivity index (χ4v) is 5.02. The van der Waals surface area contributed by atoms with Gasteiger partial charge >= 0.3 is 0 Å². The number of nitrogens with zero attached hydrogens (tertiary/aromatic N) is 2. The lowest BCUT2D eigenvalue weighted by Gasteiger charge is -2.45. The minimum atomic E-state index is -3.24. The Labute approximate surface area is 133 Å². The molecular formula is C16H25N3O2S. The Hall–Kier alpha value is -0.950. The Morgan fingerprint density at radius 1 is 1.32 bits per heavy atom. The van der Waals surface area contributed by atoms with Crippen LogP contribution in [0.5, 0.6) is 0 Å². The summed E-state index contributed by atoms with van der Waals surface area (Å²) in [5.74, 6) is 0.0327. The fraction of sp³-hybridized carbons (Fsp3) is 0.625. The lowest BCUT2D eigenvalue weighted by molar-refractivity contribution is 0.0970. The third kappa shape index (κ3) is 2.93. The van der Waals surface area contributed by atoms with Crippen molar-refractivity contribution in [3.63, 3.8) is 0 Å². The van der Waals surface area contributed by atoms with E-state index in [2.05, 4.69) is 29.2 Å². The molecule has 1 fully saturated rings. The first-order valence-electron chi connectivity index (χ1n) is 8.00. The van der Waals surface area contributed by atoms with E-state index in [4.69, 9.17) is 5.73 Å². The van der Waals surface area contributed by atoms with E-state index in [-0.39, 0.29) is 18.3 Å². The normalized spacial score (nSPS) is 25.8. The monoisotopic (exact) mass is 323 g/mol. The summed E-state index contributed by atoms with van der Waals surface area (Å²) >= 11 is 0. The summed E-state index contributed by atoms with van der Waals surface area (Å²) < 4.78 is 26.1. The van der Waals surface area contributed by atoms with Crippen LogP contribution < -0.4 is 5.73 Å². The van der Waals surface area contributed by atoms with E-state index in [0.717, 1.165) is 32.4 Å². The zero-order chi connectivity index (χ0) is 15.7. The number of hydrogen-bond donors (Lipinski definition) is 1. The van der Waals surface area contributed by atoms with Crippen LogP contribution in [-0.4, -0.2) is 56.1 Å². The molecule has 1 saturated heterocycles. The van der Waals surface area contributed by atoms with Gasteiger partial charge in [-0.3, -0.25) is 4.90 Å². The Bertz CT molecular complexity index is 632. The highest BCUT2D eigenvalue weighted by Crippen LogP contribution is 2.38. The molecular weight excluding hydrogens is 298 g/mol. The predicted octanol–water partition coefficient (Wildman–Crippen LogP) is 0.969. The molecule has 1 aromatic carbocycles. The Balaban J connectivity index is 1.80. The average molecular weight is 323 g/mol. The summed E-state index contributed by atoms with van der Waals surface area (Å²) in [6.07, 6.45) is 2.87. The molecule has 2 N–H and O–H groups in total.